The zero-order valence-electron chi connectivity index (χ0n) is 8.66. The van der Waals surface area contributed by atoms with Crippen LogP contribution in [0.5, 0.6) is 0 Å². The summed E-state index contributed by atoms with van der Waals surface area (Å²) in [5.41, 5.74) is 2.25. The van der Waals surface area contributed by atoms with E-state index < -0.39 is 0 Å². The molecule has 0 aliphatic carbocycles. The van der Waals surface area contributed by atoms with E-state index >= 15 is 0 Å². The van der Waals surface area contributed by atoms with Crippen molar-refractivity contribution in [1.82, 2.24) is 9.88 Å². The summed E-state index contributed by atoms with van der Waals surface area (Å²) in [6.07, 6.45) is 4.58. The van der Waals surface area contributed by atoms with Gasteiger partial charge in [-0.1, -0.05) is 0 Å². The molecule has 76 valence electrons. The maximum atomic E-state index is 4.41. The fourth-order valence-corrected chi connectivity index (χ4v) is 1.84. The summed E-state index contributed by atoms with van der Waals surface area (Å²) in [6, 6.07) is 4.18. The molecule has 0 saturated carbocycles. The maximum Gasteiger partial charge on any atom is 0.0545 e. The predicted octanol–water partition coefficient (Wildman–Crippen LogP) is 1.72. The van der Waals surface area contributed by atoms with Crippen molar-refractivity contribution in [1.29, 1.82) is 0 Å². The van der Waals surface area contributed by atoms with Gasteiger partial charge in [0.1, 0.15) is 0 Å². The van der Waals surface area contributed by atoms with Gasteiger partial charge in [0.15, 0.2) is 0 Å². The Morgan fingerprint density at radius 1 is 1.36 bits per heavy atom. The van der Waals surface area contributed by atoms with Crippen LogP contribution in [0.1, 0.15) is 18.5 Å². The molecule has 14 heavy (non-hydrogen) atoms. The van der Waals surface area contributed by atoms with E-state index in [0.717, 1.165) is 12.2 Å². The second-order valence-electron chi connectivity index (χ2n) is 3.77. The molecule has 1 fully saturated rings. The van der Waals surface area contributed by atoms with Gasteiger partial charge in [-0.25, -0.2) is 0 Å². The van der Waals surface area contributed by atoms with Crippen molar-refractivity contribution in [3.05, 3.63) is 24.0 Å². The third-order valence-corrected chi connectivity index (χ3v) is 2.70. The summed E-state index contributed by atoms with van der Waals surface area (Å²) in [5, 5.41) is 3.07. The Balaban J connectivity index is 1.95. The van der Waals surface area contributed by atoms with E-state index in [1.807, 2.05) is 13.2 Å². The van der Waals surface area contributed by atoms with Crippen molar-refractivity contribution in [3.63, 3.8) is 0 Å². The van der Waals surface area contributed by atoms with Crippen molar-refractivity contribution in [2.75, 3.05) is 25.5 Å². The number of rotatable bonds is 3. The van der Waals surface area contributed by atoms with Crippen molar-refractivity contribution in [2.24, 2.45) is 0 Å². The Morgan fingerprint density at radius 3 is 2.71 bits per heavy atom. The Hall–Kier alpha value is -1.09. The molecule has 1 aliphatic heterocycles. The van der Waals surface area contributed by atoms with Gasteiger partial charge < -0.3 is 5.32 Å². The summed E-state index contributed by atoms with van der Waals surface area (Å²) >= 11 is 0. The Kier molecular flexibility index (Phi) is 2.99. The number of hydrogen-bond donors (Lipinski definition) is 1. The van der Waals surface area contributed by atoms with Gasteiger partial charge in [0.05, 0.1) is 17.6 Å². The molecule has 1 saturated heterocycles. The van der Waals surface area contributed by atoms with Crippen LogP contribution in [0.15, 0.2) is 18.3 Å². The number of aromatic nitrogens is 1. The molecule has 1 aliphatic rings. The van der Waals surface area contributed by atoms with Gasteiger partial charge in [-0.2, -0.15) is 0 Å². The van der Waals surface area contributed by atoms with E-state index in [2.05, 4.69) is 27.3 Å². The van der Waals surface area contributed by atoms with Gasteiger partial charge in [0.2, 0.25) is 0 Å². The lowest BCUT2D eigenvalue weighted by atomic mass is 10.3. The van der Waals surface area contributed by atoms with E-state index in [0.29, 0.717) is 0 Å². The molecule has 3 heteroatoms. The molecular formula is C11H17N3. The van der Waals surface area contributed by atoms with Gasteiger partial charge >= 0.3 is 0 Å². The summed E-state index contributed by atoms with van der Waals surface area (Å²) < 4.78 is 0. The minimum Gasteiger partial charge on any atom is -0.387 e. The fraction of sp³-hybridized carbons (Fsp3) is 0.545. The first-order valence-corrected chi connectivity index (χ1v) is 5.23. The fourth-order valence-electron chi connectivity index (χ4n) is 1.84. The molecule has 0 amide bonds. The van der Waals surface area contributed by atoms with Crippen molar-refractivity contribution in [2.45, 2.75) is 19.4 Å². The predicted molar refractivity (Wildman–Crippen MR) is 58.3 cm³/mol. The van der Waals surface area contributed by atoms with E-state index in [1.54, 1.807) is 0 Å². The third-order valence-electron chi connectivity index (χ3n) is 2.70. The number of likely N-dealkylation sites (tertiary alicyclic amines) is 1. The molecule has 2 rings (SSSR count). The topological polar surface area (TPSA) is 28.2 Å². The Bertz CT molecular complexity index is 275. The lowest BCUT2D eigenvalue weighted by molar-refractivity contribution is 0.327. The van der Waals surface area contributed by atoms with E-state index in [-0.39, 0.29) is 0 Å². The van der Waals surface area contributed by atoms with Crippen molar-refractivity contribution < 1.29 is 0 Å². The van der Waals surface area contributed by atoms with Gasteiger partial charge in [0, 0.05) is 13.6 Å². The zero-order chi connectivity index (χ0) is 9.80. The van der Waals surface area contributed by atoms with Gasteiger partial charge in [0.25, 0.3) is 0 Å². The van der Waals surface area contributed by atoms with Crippen molar-refractivity contribution in [3.8, 4) is 0 Å². The average Bonchev–Trinajstić information content (AvgIpc) is 2.72. The SMILES string of the molecule is CNc1ccc(CN2CCCC2)nc1. The highest BCUT2D eigenvalue weighted by molar-refractivity contribution is 5.39. The molecule has 0 atom stereocenters. The number of anilines is 1. The highest BCUT2D eigenvalue weighted by Gasteiger charge is 2.11. The van der Waals surface area contributed by atoms with Crippen LogP contribution < -0.4 is 5.32 Å². The molecule has 0 spiro atoms. The summed E-state index contributed by atoms with van der Waals surface area (Å²) in [7, 11) is 1.91. The monoisotopic (exact) mass is 191 g/mol. The summed E-state index contributed by atoms with van der Waals surface area (Å²) in [6.45, 7) is 3.47. The zero-order valence-corrected chi connectivity index (χ0v) is 8.66. The number of nitrogens with zero attached hydrogens (tertiary/aromatic N) is 2. The molecule has 1 aromatic heterocycles. The van der Waals surface area contributed by atoms with Gasteiger partial charge in [-0.3, -0.25) is 9.88 Å². The molecule has 1 aromatic rings. The molecule has 0 unspecified atom stereocenters. The smallest absolute Gasteiger partial charge is 0.0545 e. The molecule has 0 bridgehead atoms. The molecular weight excluding hydrogens is 174 g/mol. The van der Waals surface area contributed by atoms with Crippen LogP contribution in [-0.4, -0.2) is 30.0 Å². The van der Waals surface area contributed by atoms with E-state index in [4.69, 9.17) is 0 Å². The van der Waals surface area contributed by atoms with Crippen LogP contribution in [0.2, 0.25) is 0 Å². The van der Waals surface area contributed by atoms with Crippen LogP contribution in [0.4, 0.5) is 5.69 Å². The normalized spacial score (nSPS) is 17.2. The van der Waals surface area contributed by atoms with Crippen LogP contribution >= 0.6 is 0 Å². The standard InChI is InChI=1S/C11H17N3/c1-12-10-4-5-11(13-8-10)9-14-6-2-3-7-14/h4-5,8,12H,2-3,6-7,9H2,1H3. The van der Waals surface area contributed by atoms with Crippen molar-refractivity contribution >= 4 is 5.69 Å². The van der Waals surface area contributed by atoms with Gasteiger partial charge in [-0.15, -0.1) is 0 Å². The first-order valence-electron chi connectivity index (χ1n) is 5.23. The minimum absolute atomic E-state index is 1.00. The maximum absolute atomic E-state index is 4.41. The number of pyridine rings is 1. The quantitative estimate of drug-likeness (QED) is 0.788. The first-order chi connectivity index (χ1) is 6.88. The Labute approximate surface area is 85.1 Å². The minimum atomic E-state index is 1.00. The van der Waals surface area contributed by atoms with Crippen LogP contribution in [-0.2, 0) is 6.54 Å². The van der Waals surface area contributed by atoms with Crippen LogP contribution in [0.3, 0.4) is 0 Å². The number of hydrogen-bond acceptors (Lipinski definition) is 3. The third kappa shape index (κ3) is 2.23. The first kappa shape index (κ1) is 9.46. The number of nitrogens with one attached hydrogen (secondary N) is 1. The largest absolute Gasteiger partial charge is 0.387 e. The second kappa shape index (κ2) is 4.42. The summed E-state index contributed by atoms with van der Waals surface area (Å²) in [5.74, 6) is 0. The van der Waals surface area contributed by atoms with E-state index in [9.17, 15) is 0 Å². The lowest BCUT2D eigenvalue weighted by Crippen LogP contribution is -2.18. The van der Waals surface area contributed by atoms with E-state index in [1.165, 1.54) is 31.6 Å². The molecule has 1 N–H and O–H groups in total. The molecule has 0 aromatic carbocycles. The molecule has 2 heterocycles. The molecule has 3 nitrogen and oxygen atoms in total. The van der Waals surface area contributed by atoms with Crippen LogP contribution in [0.25, 0.3) is 0 Å². The van der Waals surface area contributed by atoms with Gasteiger partial charge in [-0.05, 0) is 38.1 Å². The highest BCUT2D eigenvalue weighted by Crippen LogP contribution is 2.12. The highest BCUT2D eigenvalue weighted by atomic mass is 15.1. The average molecular weight is 191 g/mol. The molecule has 0 radical (unpaired) electrons. The second-order valence-corrected chi connectivity index (χ2v) is 3.77. The lowest BCUT2D eigenvalue weighted by Gasteiger charge is -2.13. The summed E-state index contributed by atoms with van der Waals surface area (Å²) in [4.78, 5) is 6.87. The van der Waals surface area contributed by atoms with Crippen LogP contribution in [0, 0.1) is 0 Å². The Morgan fingerprint density at radius 2 is 2.14 bits per heavy atom.